The molecule has 2 heterocycles. The molecule has 0 bridgehead atoms. The van der Waals surface area contributed by atoms with Crippen LogP contribution in [0.2, 0.25) is 0 Å². The Bertz CT molecular complexity index is 799. The number of hydrogen-bond donors (Lipinski definition) is 1. The highest BCUT2D eigenvalue weighted by Gasteiger charge is 2.36. The molecule has 144 valence electrons. The highest BCUT2D eigenvalue weighted by molar-refractivity contribution is 7.89. The zero-order chi connectivity index (χ0) is 18.9. The van der Waals surface area contributed by atoms with Crippen LogP contribution in [-0.2, 0) is 14.8 Å². The number of piperidine rings is 1. The zero-order valence-electron chi connectivity index (χ0n) is 15.0. The third kappa shape index (κ3) is 3.43. The van der Waals surface area contributed by atoms with Gasteiger partial charge in [0, 0.05) is 37.8 Å². The number of ether oxygens (including phenoxy) is 1. The van der Waals surface area contributed by atoms with Crippen LogP contribution in [0.3, 0.4) is 0 Å². The van der Waals surface area contributed by atoms with Gasteiger partial charge in [0.1, 0.15) is 0 Å². The van der Waals surface area contributed by atoms with Crippen LogP contribution in [0.25, 0.3) is 0 Å². The molecule has 2 fully saturated rings. The second-order valence-electron chi connectivity index (χ2n) is 6.63. The van der Waals surface area contributed by atoms with Gasteiger partial charge in [-0.15, -0.1) is 0 Å². The van der Waals surface area contributed by atoms with Crippen LogP contribution >= 0.6 is 0 Å². The minimum atomic E-state index is -3.85. The number of carbonyl (C=O) groups is 1. The summed E-state index contributed by atoms with van der Waals surface area (Å²) < 4.78 is 46.7. The van der Waals surface area contributed by atoms with E-state index in [2.05, 4.69) is 5.32 Å². The summed E-state index contributed by atoms with van der Waals surface area (Å²) in [6.07, 6.45) is 1.44. The molecule has 0 spiro atoms. The average molecular weight is 385 g/mol. The lowest BCUT2D eigenvalue weighted by Gasteiger charge is -2.40. The van der Waals surface area contributed by atoms with Crippen molar-refractivity contribution in [3.63, 3.8) is 0 Å². The van der Waals surface area contributed by atoms with Gasteiger partial charge < -0.3 is 15.0 Å². The number of rotatable bonds is 4. The maximum absolute atomic E-state index is 14.3. The Morgan fingerprint density at radius 3 is 2.77 bits per heavy atom. The molecule has 0 aromatic heterocycles. The van der Waals surface area contributed by atoms with Crippen molar-refractivity contribution in [2.75, 3.05) is 39.8 Å². The van der Waals surface area contributed by atoms with Gasteiger partial charge in [-0.3, -0.25) is 4.79 Å². The van der Waals surface area contributed by atoms with Gasteiger partial charge in [-0.25, -0.2) is 12.8 Å². The lowest BCUT2D eigenvalue weighted by atomic mass is 10.1. The number of hydrogen-bond acceptors (Lipinski definition) is 5. The summed E-state index contributed by atoms with van der Waals surface area (Å²) in [6, 6.07) is 2.57. The molecule has 0 radical (unpaired) electrons. The molecule has 2 saturated heterocycles. The van der Waals surface area contributed by atoms with Crippen molar-refractivity contribution in [3.05, 3.63) is 23.5 Å². The molecule has 0 saturated carbocycles. The lowest BCUT2D eigenvalue weighted by molar-refractivity contribution is -0.135. The van der Waals surface area contributed by atoms with Gasteiger partial charge in [-0.1, -0.05) is 0 Å². The first-order valence-electron chi connectivity index (χ1n) is 8.69. The van der Waals surface area contributed by atoms with E-state index in [1.54, 1.807) is 4.90 Å². The fourth-order valence-corrected chi connectivity index (χ4v) is 5.35. The molecule has 2 aliphatic heterocycles. The summed E-state index contributed by atoms with van der Waals surface area (Å²) in [5.41, 5.74) is 0.0460. The van der Waals surface area contributed by atoms with Crippen LogP contribution in [0, 0.1) is 12.7 Å². The third-order valence-electron chi connectivity index (χ3n) is 5.07. The molecule has 1 aromatic rings. The van der Waals surface area contributed by atoms with Crippen molar-refractivity contribution in [1.29, 1.82) is 0 Å². The summed E-state index contributed by atoms with van der Waals surface area (Å²) in [5, 5.41) is 3.02. The number of nitrogens with zero attached hydrogens (tertiary/aromatic N) is 2. The van der Waals surface area contributed by atoms with Gasteiger partial charge in [0.15, 0.2) is 11.6 Å². The smallest absolute Gasteiger partial charge is 0.243 e. The van der Waals surface area contributed by atoms with Gasteiger partial charge in [0.2, 0.25) is 15.9 Å². The lowest BCUT2D eigenvalue weighted by Crippen LogP contribution is -2.57. The minimum Gasteiger partial charge on any atom is -0.494 e. The molecule has 7 nitrogen and oxygen atoms in total. The Morgan fingerprint density at radius 2 is 2.08 bits per heavy atom. The van der Waals surface area contributed by atoms with E-state index in [-0.39, 0.29) is 41.2 Å². The SMILES string of the molecule is COc1ccc(S(=O)(=O)N2CCCC(N3CCNCC3=O)C2)c(C)c1F. The average Bonchev–Trinajstić information content (AvgIpc) is 2.64. The van der Waals surface area contributed by atoms with Crippen LogP contribution in [0.15, 0.2) is 17.0 Å². The maximum atomic E-state index is 14.3. The van der Waals surface area contributed by atoms with Crippen molar-refractivity contribution in [3.8, 4) is 5.75 Å². The van der Waals surface area contributed by atoms with Crippen LogP contribution < -0.4 is 10.1 Å². The van der Waals surface area contributed by atoms with E-state index in [4.69, 9.17) is 4.74 Å². The summed E-state index contributed by atoms with van der Waals surface area (Å²) in [7, 11) is -2.51. The van der Waals surface area contributed by atoms with E-state index in [1.807, 2.05) is 0 Å². The molecular weight excluding hydrogens is 361 g/mol. The highest BCUT2D eigenvalue weighted by Crippen LogP contribution is 2.30. The number of carbonyl (C=O) groups excluding carboxylic acids is 1. The summed E-state index contributed by atoms with van der Waals surface area (Å²) >= 11 is 0. The Labute approximate surface area is 153 Å². The summed E-state index contributed by atoms with van der Waals surface area (Å²) in [6.45, 7) is 3.61. The first-order chi connectivity index (χ1) is 12.4. The van der Waals surface area contributed by atoms with Gasteiger partial charge in [0.05, 0.1) is 18.6 Å². The molecule has 1 N–H and O–H groups in total. The predicted molar refractivity (Wildman–Crippen MR) is 94.1 cm³/mol. The zero-order valence-corrected chi connectivity index (χ0v) is 15.8. The standard InChI is InChI=1S/C17H24FN3O4S/c1-12-15(6-5-14(25-2)17(12)18)26(23,24)20-8-3-4-13(11-20)21-9-7-19-10-16(21)22/h5-6,13,19H,3-4,7-11H2,1-2H3. The number of methoxy groups -OCH3 is 1. The molecule has 1 aromatic carbocycles. The molecule has 1 amide bonds. The topological polar surface area (TPSA) is 79.0 Å². The van der Waals surface area contributed by atoms with Crippen molar-refractivity contribution < 1.29 is 22.3 Å². The second-order valence-corrected chi connectivity index (χ2v) is 8.53. The van der Waals surface area contributed by atoms with E-state index < -0.39 is 15.8 Å². The van der Waals surface area contributed by atoms with Gasteiger partial charge in [-0.2, -0.15) is 4.31 Å². The number of amides is 1. The van der Waals surface area contributed by atoms with Crippen molar-refractivity contribution in [2.24, 2.45) is 0 Å². The predicted octanol–water partition coefficient (Wildman–Crippen LogP) is 0.728. The van der Waals surface area contributed by atoms with Gasteiger partial charge in [0.25, 0.3) is 0 Å². The Balaban J connectivity index is 1.85. The number of benzene rings is 1. The first kappa shape index (κ1) is 19.1. The van der Waals surface area contributed by atoms with E-state index in [9.17, 15) is 17.6 Å². The molecule has 9 heteroatoms. The van der Waals surface area contributed by atoms with Crippen LogP contribution in [-0.4, -0.2) is 69.4 Å². The highest BCUT2D eigenvalue weighted by atomic mass is 32.2. The van der Waals surface area contributed by atoms with E-state index in [0.29, 0.717) is 26.1 Å². The quantitative estimate of drug-likeness (QED) is 0.827. The van der Waals surface area contributed by atoms with Crippen LogP contribution in [0.5, 0.6) is 5.75 Å². The molecule has 0 aliphatic carbocycles. The fraction of sp³-hybridized carbons (Fsp3) is 0.588. The molecule has 1 atom stereocenters. The molecule has 3 rings (SSSR count). The number of sulfonamides is 1. The Morgan fingerprint density at radius 1 is 1.31 bits per heavy atom. The maximum Gasteiger partial charge on any atom is 0.243 e. The van der Waals surface area contributed by atoms with Crippen molar-refractivity contribution >= 4 is 15.9 Å². The number of piperazine rings is 1. The van der Waals surface area contributed by atoms with Crippen LogP contribution in [0.4, 0.5) is 4.39 Å². The number of nitrogens with one attached hydrogen (secondary N) is 1. The van der Waals surface area contributed by atoms with Gasteiger partial charge >= 0.3 is 0 Å². The summed E-state index contributed by atoms with van der Waals surface area (Å²) in [4.78, 5) is 13.8. The van der Waals surface area contributed by atoms with Crippen molar-refractivity contribution in [1.82, 2.24) is 14.5 Å². The Kier molecular flexibility index (Phi) is 5.50. The second kappa shape index (κ2) is 7.50. The van der Waals surface area contributed by atoms with E-state index in [1.165, 1.54) is 30.5 Å². The molecular formula is C17H24FN3O4S. The fourth-order valence-electron chi connectivity index (χ4n) is 3.62. The van der Waals surface area contributed by atoms with E-state index >= 15 is 0 Å². The van der Waals surface area contributed by atoms with Crippen molar-refractivity contribution in [2.45, 2.75) is 30.7 Å². The molecule has 26 heavy (non-hydrogen) atoms. The minimum absolute atomic E-state index is 0.00725. The monoisotopic (exact) mass is 385 g/mol. The third-order valence-corrected chi connectivity index (χ3v) is 7.07. The van der Waals surface area contributed by atoms with Gasteiger partial charge in [-0.05, 0) is 31.9 Å². The van der Waals surface area contributed by atoms with Crippen LogP contribution in [0.1, 0.15) is 18.4 Å². The first-order valence-corrected chi connectivity index (χ1v) is 10.1. The molecule has 1 unspecified atom stereocenters. The normalized spacial score (nSPS) is 22.5. The summed E-state index contributed by atoms with van der Waals surface area (Å²) in [5.74, 6) is -0.657. The van der Waals surface area contributed by atoms with E-state index in [0.717, 1.165) is 6.42 Å². The number of halogens is 1. The largest absolute Gasteiger partial charge is 0.494 e. The molecule has 2 aliphatic rings. The Hall–Kier alpha value is -1.71.